The molecule has 0 aromatic heterocycles. The second-order valence-corrected chi connectivity index (χ2v) is 5.51. The van der Waals surface area contributed by atoms with E-state index >= 15 is 0 Å². The monoisotopic (exact) mass is 289 g/mol. The minimum Gasteiger partial charge on any atom is -0.326 e. The highest BCUT2D eigenvalue weighted by Crippen LogP contribution is 2.14. The van der Waals surface area contributed by atoms with E-state index in [0.29, 0.717) is 5.69 Å². The van der Waals surface area contributed by atoms with Crippen LogP contribution in [0.1, 0.15) is 19.4 Å². The lowest BCUT2D eigenvalue weighted by Gasteiger charge is -2.14. The zero-order chi connectivity index (χ0) is 15.6. The molecule has 1 aliphatic rings. The van der Waals surface area contributed by atoms with Gasteiger partial charge in [0.25, 0.3) is 5.91 Å². The standard InChI is InChI=1S/C15H19N3O3/c1-9(2)13-14(20)18(15(21)17-13)8-12(19)16-11-6-4-10(3)5-7-11/h4-7,9,13H,8H2,1-3H3,(H,16,19)(H,17,21). The van der Waals surface area contributed by atoms with Gasteiger partial charge in [-0.3, -0.25) is 14.5 Å². The molecule has 1 saturated heterocycles. The molecule has 0 aliphatic carbocycles. The molecule has 6 nitrogen and oxygen atoms in total. The summed E-state index contributed by atoms with van der Waals surface area (Å²) in [5.41, 5.74) is 1.72. The number of nitrogens with one attached hydrogen (secondary N) is 2. The predicted octanol–water partition coefficient (Wildman–Crippen LogP) is 1.51. The maximum absolute atomic E-state index is 12.1. The summed E-state index contributed by atoms with van der Waals surface area (Å²) in [4.78, 5) is 36.7. The largest absolute Gasteiger partial charge is 0.326 e. The van der Waals surface area contributed by atoms with Crippen molar-refractivity contribution >= 4 is 23.5 Å². The van der Waals surface area contributed by atoms with Crippen molar-refractivity contribution in [2.75, 3.05) is 11.9 Å². The number of nitrogens with zero attached hydrogens (tertiary/aromatic N) is 1. The lowest BCUT2D eigenvalue weighted by atomic mass is 10.1. The minimum atomic E-state index is -0.551. The van der Waals surface area contributed by atoms with Crippen LogP contribution in [0.4, 0.5) is 10.5 Å². The van der Waals surface area contributed by atoms with Gasteiger partial charge in [0, 0.05) is 5.69 Å². The zero-order valence-electron chi connectivity index (χ0n) is 12.3. The Bertz CT molecular complexity index is 566. The summed E-state index contributed by atoms with van der Waals surface area (Å²) in [6.45, 7) is 5.37. The van der Waals surface area contributed by atoms with Gasteiger partial charge >= 0.3 is 6.03 Å². The van der Waals surface area contributed by atoms with Gasteiger partial charge in [0.15, 0.2) is 0 Å². The fourth-order valence-corrected chi connectivity index (χ4v) is 2.12. The first-order valence-corrected chi connectivity index (χ1v) is 6.87. The lowest BCUT2D eigenvalue weighted by Crippen LogP contribution is -2.39. The maximum atomic E-state index is 12.1. The van der Waals surface area contributed by atoms with Gasteiger partial charge in [-0.15, -0.1) is 0 Å². The molecular formula is C15H19N3O3. The highest BCUT2D eigenvalue weighted by molar-refractivity contribution is 6.08. The Morgan fingerprint density at radius 2 is 1.90 bits per heavy atom. The Hall–Kier alpha value is -2.37. The molecule has 1 atom stereocenters. The molecule has 0 saturated carbocycles. The number of imide groups is 1. The van der Waals surface area contributed by atoms with Crippen LogP contribution in [0.5, 0.6) is 0 Å². The average Bonchev–Trinajstić information content (AvgIpc) is 2.69. The van der Waals surface area contributed by atoms with Crippen LogP contribution in [0.25, 0.3) is 0 Å². The molecule has 112 valence electrons. The molecule has 0 radical (unpaired) electrons. The van der Waals surface area contributed by atoms with E-state index in [9.17, 15) is 14.4 Å². The van der Waals surface area contributed by atoms with Crippen molar-refractivity contribution in [2.24, 2.45) is 5.92 Å². The number of benzene rings is 1. The molecule has 0 bridgehead atoms. The zero-order valence-corrected chi connectivity index (χ0v) is 12.3. The second kappa shape index (κ2) is 5.95. The van der Waals surface area contributed by atoms with Gasteiger partial charge in [-0.25, -0.2) is 4.79 Å². The van der Waals surface area contributed by atoms with E-state index in [1.54, 1.807) is 12.1 Å². The van der Waals surface area contributed by atoms with E-state index < -0.39 is 18.0 Å². The number of carbonyl (C=O) groups excluding carboxylic acids is 3. The third-order valence-electron chi connectivity index (χ3n) is 3.36. The number of hydrogen-bond donors (Lipinski definition) is 2. The number of amides is 4. The van der Waals surface area contributed by atoms with Crippen molar-refractivity contribution in [3.63, 3.8) is 0 Å². The summed E-state index contributed by atoms with van der Waals surface area (Å²) in [5, 5.41) is 5.26. The van der Waals surface area contributed by atoms with E-state index in [1.807, 2.05) is 32.9 Å². The smallest absolute Gasteiger partial charge is 0.325 e. The quantitative estimate of drug-likeness (QED) is 0.825. The van der Waals surface area contributed by atoms with Gasteiger partial charge in [0.2, 0.25) is 5.91 Å². The summed E-state index contributed by atoms with van der Waals surface area (Å²) < 4.78 is 0. The first-order valence-electron chi connectivity index (χ1n) is 6.87. The Labute approximate surface area is 123 Å². The lowest BCUT2D eigenvalue weighted by molar-refractivity contribution is -0.131. The molecule has 0 spiro atoms. The summed E-state index contributed by atoms with van der Waals surface area (Å²) >= 11 is 0. The molecule has 21 heavy (non-hydrogen) atoms. The van der Waals surface area contributed by atoms with Crippen LogP contribution in [0.3, 0.4) is 0 Å². The van der Waals surface area contributed by atoms with Crippen molar-refractivity contribution in [1.82, 2.24) is 10.2 Å². The fraction of sp³-hybridized carbons (Fsp3) is 0.400. The summed E-state index contributed by atoms with van der Waals surface area (Å²) in [7, 11) is 0. The van der Waals surface area contributed by atoms with Gasteiger partial charge in [0.05, 0.1) is 0 Å². The predicted molar refractivity (Wildman–Crippen MR) is 78.7 cm³/mol. The molecule has 1 heterocycles. The first kappa shape index (κ1) is 15.0. The first-order chi connectivity index (χ1) is 9.88. The van der Waals surface area contributed by atoms with Crippen molar-refractivity contribution in [3.05, 3.63) is 29.8 Å². The van der Waals surface area contributed by atoms with Crippen LogP contribution >= 0.6 is 0 Å². The van der Waals surface area contributed by atoms with Crippen LogP contribution < -0.4 is 10.6 Å². The molecule has 1 aromatic rings. The Morgan fingerprint density at radius 3 is 2.43 bits per heavy atom. The van der Waals surface area contributed by atoms with Gasteiger partial charge in [0.1, 0.15) is 12.6 Å². The number of rotatable bonds is 4. The van der Waals surface area contributed by atoms with Crippen LogP contribution in [-0.4, -0.2) is 35.3 Å². The minimum absolute atomic E-state index is 0.00777. The summed E-state index contributed by atoms with van der Waals surface area (Å²) in [5.74, 6) is -0.757. The second-order valence-electron chi connectivity index (χ2n) is 5.51. The van der Waals surface area contributed by atoms with E-state index in [-0.39, 0.29) is 18.4 Å². The van der Waals surface area contributed by atoms with Crippen molar-refractivity contribution < 1.29 is 14.4 Å². The number of carbonyl (C=O) groups is 3. The van der Waals surface area contributed by atoms with E-state index in [4.69, 9.17) is 0 Å². The molecule has 1 aromatic carbocycles. The topological polar surface area (TPSA) is 78.5 Å². The number of anilines is 1. The third-order valence-corrected chi connectivity index (χ3v) is 3.36. The Balaban J connectivity index is 1.98. The maximum Gasteiger partial charge on any atom is 0.325 e. The van der Waals surface area contributed by atoms with Gasteiger partial charge in [-0.1, -0.05) is 31.5 Å². The van der Waals surface area contributed by atoms with E-state index in [1.165, 1.54) is 0 Å². The van der Waals surface area contributed by atoms with E-state index in [2.05, 4.69) is 10.6 Å². The molecule has 1 fully saturated rings. The summed E-state index contributed by atoms with van der Waals surface area (Å²) in [6.07, 6.45) is 0. The average molecular weight is 289 g/mol. The highest BCUT2D eigenvalue weighted by atomic mass is 16.2. The van der Waals surface area contributed by atoms with Crippen LogP contribution in [-0.2, 0) is 9.59 Å². The number of hydrogen-bond acceptors (Lipinski definition) is 3. The van der Waals surface area contributed by atoms with Gasteiger partial charge in [-0.2, -0.15) is 0 Å². The van der Waals surface area contributed by atoms with E-state index in [0.717, 1.165) is 10.5 Å². The third kappa shape index (κ3) is 3.39. The van der Waals surface area contributed by atoms with Crippen molar-refractivity contribution in [2.45, 2.75) is 26.8 Å². The van der Waals surface area contributed by atoms with Crippen LogP contribution in [0.15, 0.2) is 24.3 Å². The van der Waals surface area contributed by atoms with Crippen molar-refractivity contribution in [1.29, 1.82) is 0 Å². The Kier molecular flexibility index (Phi) is 4.26. The molecule has 2 rings (SSSR count). The van der Waals surface area contributed by atoms with Gasteiger partial charge in [-0.05, 0) is 25.0 Å². The normalized spacial score (nSPS) is 18.1. The number of urea groups is 1. The molecular weight excluding hydrogens is 270 g/mol. The molecule has 1 aliphatic heterocycles. The molecule has 2 N–H and O–H groups in total. The fourth-order valence-electron chi connectivity index (χ4n) is 2.12. The SMILES string of the molecule is Cc1ccc(NC(=O)CN2C(=O)NC(C(C)C)C2=O)cc1. The summed E-state index contributed by atoms with van der Waals surface area (Å²) in [6, 6.07) is 6.23. The number of aryl methyl sites for hydroxylation is 1. The molecule has 1 unspecified atom stereocenters. The molecule has 4 amide bonds. The van der Waals surface area contributed by atoms with Crippen LogP contribution in [0, 0.1) is 12.8 Å². The van der Waals surface area contributed by atoms with Gasteiger partial charge < -0.3 is 10.6 Å². The Morgan fingerprint density at radius 1 is 1.29 bits per heavy atom. The molecule has 6 heteroatoms. The van der Waals surface area contributed by atoms with Crippen LogP contribution in [0.2, 0.25) is 0 Å². The van der Waals surface area contributed by atoms with Crippen molar-refractivity contribution in [3.8, 4) is 0 Å². The highest BCUT2D eigenvalue weighted by Gasteiger charge is 2.40.